The van der Waals surface area contributed by atoms with Gasteiger partial charge in [-0.3, -0.25) is 0 Å². The largest absolute Gasteiger partial charge is 0.396 e. The van der Waals surface area contributed by atoms with Crippen molar-refractivity contribution in [2.24, 2.45) is 46.3 Å². The Balaban J connectivity index is 1.29. The Labute approximate surface area is 230 Å². The zero-order valence-electron chi connectivity index (χ0n) is 25.4. The van der Waals surface area contributed by atoms with Crippen molar-refractivity contribution in [1.82, 2.24) is 0 Å². The first kappa shape index (κ1) is 29.6. The quantitative estimate of drug-likeness (QED) is 0.185. The maximum Gasteiger partial charge on any atom is 0.0612 e. The Morgan fingerprint density at radius 2 is 1.62 bits per heavy atom. The average Bonchev–Trinajstić information content (AvgIpc) is 3.22. The Kier molecular flexibility index (Phi) is 10.7. The molecule has 2 heteroatoms. The number of fused-ring (bicyclic) bond motifs is 5. The summed E-state index contributed by atoms with van der Waals surface area (Å²) in [6.45, 7) is 14.0. The number of unbranched alkanes of at least 4 members (excludes halogenated alkanes) is 5. The van der Waals surface area contributed by atoms with Crippen LogP contribution in [0.5, 0.6) is 0 Å². The molecule has 4 rings (SSSR count). The molecule has 0 aromatic carbocycles. The average molecular weight is 515 g/mol. The molecule has 2 nitrogen and oxygen atoms in total. The maximum absolute atomic E-state index is 8.91. The Bertz CT molecular complexity index is 727. The molecule has 0 radical (unpaired) electrons. The summed E-state index contributed by atoms with van der Waals surface area (Å²) in [4.78, 5) is 0. The normalized spacial score (nSPS) is 38.1. The van der Waals surface area contributed by atoms with E-state index in [0.29, 0.717) is 23.5 Å². The van der Waals surface area contributed by atoms with Crippen LogP contribution in [0, 0.1) is 46.3 Å². The number of hydrogen-bond donors (Lipinski definition) is 1. The van der Waals surface area contributed by atoms with Gasteiger partial charge in [0.1, 0.15) is 0 Å². The fraction of sp³-hybridized carbons (Fsp3) is 0.943. The number of rotatable bonds is 14. The van der Waals surface area contributed by atoms with E-state index >= 15 is 0 Å². The highest BCUT2D eigenvalue weighted by Gasteiger charge is 2.59. The van der Waals surface area contributed by atoms with Gasteiger partial charge in [0, 0.05) is 13.2 Å². The molecule has 0 amide bonds. The van der Waals surface area contributed by atoms with Gasteiger partial charge in [0.25, 0.3) is 0 Å². The molecule has 8 atom stereocenters. The molecule has 214 valence electrons. The van der Waals surface area contributed by atoms with E-state index < -0.39 is 0 Å². The van der Waals surface area contributed by atoms with E-state index in [1.807, 2.05) is 0 Å². The molecule has 0 bridgehead atoms. The molecule has 0 aromatic heterocycles. The standard InChI is InChI=1S/C35H62O2/c1-26(2)13-12-14-27(3)31-17-18-32-30-16-15-28-25-29(37-24-11-9-7-6-8-10-23-36)19-21-34(28,4)33(30)20-22-35(31,32)5/h15,26-27,29-33,36H,6-14,16-25H2,1-5H3/t27-,29?,30+,31-,32+,33+,34+,35-/m1/s1. The van der Waals surface area contributed by atoms with Crippen LogP contribution in [0.15, 0.2) is 11.6 Å². The zero-order valence-corrected chi connectivity index (χ0v) is 25.4. The van der Waals surface area contributed by atoms with Crippen LogP contribution in [0.4, 0.5) is 0 Å². The summed E-state index contributed by atoms with van der Waals surface area (Å²) in [7, 11) is 0. The van der Waals surface area contributed by atoms with Crippen molar-refractivity contribution in [2.75, 3.05) is 13.2 Å². The second-order valence-electron chi connectivity index (χ2n) is 14.9. The summed E-state index contributed by atoms with van der Waals surface area (Å²) in [6, 6.07) is 0. The Morgan fingerprint density at radius 1 is 0.865 bits per heavy atom. The van der Waals surface area contributed by atoms with Gasteiger partial charge in [-0.25, -0.2) is 0 Å². The molecule has 1 unspecified atom stereocenters. The van der Waals surface area contributed by atoms with Crippen LogP contribution < -0.4 is 0 Å². The van der Waals surface area contributed by atoms with Crippen LogP contribution in [-0.4, -0.2) is 24.4 Å². The maximum atomic E-state index is 8.91. The van der Waals surface area contributed by atoms with Crippen molar-refractivity contribution >= 4 is 0 Å². The SMILES string of the molecule is CC(C)CCC[C@@H](C)[C@H]1CC[C@H]2[C@@H]3CC=C4CC(OCCCCCCCCO)CC[C@]4(C)[C@H]3CC[C@]12C. The van der Waals surface area contributed by atoms with Gasteiger partial charge in [-0.1, -0.05) is 91.2 Å². The molecule has 1 N–H and O–H groups in total. The fourth-order valence-corrected chi connectivity index (χ4v) is 9.97. The number of aliphatic hydroxyl groups is 1. The van der Waals surface area contributed by atoms with Crippen LogP contribution in [-0.2, 0) is 4.74 Å². The molecule has 0 spiro atoms. The van der Waals surface area contributed by atoms with E-state index in [2.05, 4.69) is 40.7 Å². The highest BCUT2D eigenvalue weighted by Crippen LogP contribution is 2.67. The van der Waals surface area contributed by atoms with E-state index in [9.17, 15) is 0 Å². The van der Waals surface area contributed by atoms with Gasteiger partial charge in [0.2, 0.25) is 0 Å². The van der Waals surface area contributed by atoms with Gasteiger partial charge < -0.3 is 9.84 Å². The van der Waals surface area contributed by atoms with Crippen LogP contribution in [0.3, 0.4) is 0 Å². The summed E-state index contributed by atoms with van der Waals surface area (Å²) in [6.07, 6.45) is 25.8. The van der Waals surface area contributed by atoms with Gasteiger partial charge in [-0.15, -0.1) is 0 Å². The van der Waals surface area contributed by atoms with Crippen molar-refractivity contribution in [3.8, 4) is 0 Å². The molecule has 0 heterocycles. The first-order valence-electron chi connectivity index (χ1n) is 16.7. The van der Waals surface area contributed by atoms with Crippen LogP contribution in [0.1, 0.15) is 144 Å². The zero-order chi connectivity index (χ0) is 26.5. The summed E-state index contributed by atoms with van der Waals surface area (Å²) in [5, 5.41) is 8.91. The summed E-state index contributed by atoms with van der Waals surface area (Å²) < 4.78 is 6.43. The van der Waals surface area contributed by atoms with Gasteiger partial charge in [0.05, 0.1) is 6.10 Å². The highest BCUT2D eigenvalue weighted by atomic mass is 16.5. The minimum absolute atomic E-state index is 0.347. The summed E-state index contributed by atoms with van der Waals surface area (Å²) >= 11 is 0. The Hall–Kier alpha value is -0.340. The van der Waals surface area contributed by atoms with Crippen molar-refractivity contribution < 1.29 is 9.84 Å². The number of aliphatic hydroxyl groups excluding tert-OH is 1. The first-order valence-corrected chi connectivity index (χ1v) is 16.7. The van der Waals surface area contributed by atoms with Gasteiger partial charge in [-0.05, 0) is 111 Å². The fourth-order valence-electron chi connectivity index (χ4n) is 9.97. The molecule has 0 saturated heterocycles. The first-order chi connectivity index (χ1) is 17.8. The van der Waals surface area contributed by atoms with Crippen molar-refractivity contribution in [1.29, 1.82) is 0 Å². The predicted molar refractivity (Wildman–Crippen MR) is 158 cm³/mol. The molecular weight excluding hydrogens is 452 g/mol. The van der Waals surface area contributed by atoms with Gasteiger partial charge >= 0.3 is 0 Å². The van der Waals surface area contributed by atoms with Crippen LogP contribution in [0.2, 0.25) is 0 Å². The Morgan fingerprint density at radius 3 is 2.38 bits per heavy atom. The summed E-state index contributed by atoms with van der Waals surface area (Å²) in [5.74, 6) is 5.53. The number of allylic oxidation sites excluding steroid dienone is 1. The second kappa shape index (κ2) is 13.3. The third kappa shape index (κ3) is 6.70. The molecule has 37 heavy (non-hydrogen) atoms. The van der Waals surface area contributed by atoms with Crippen molar-refractivity contribution in [2.45, 2.75) is 150 Å². The van der Waals surface area contributed by atoms with Crippen LogP contribution >= 0.6 is 0 Å². The molecule has 4 aliphatic carbocycles. The monoisotopic (exact) mass is 514 g/mol. The predicted octanol–water partition coefficient (Wildman–Crippen LogP) is 9.75. The lowest BCUT2D eigenvalue weighted by molar-refractivity contribution is -0.0641. The minimum Gasteiger partial charge on any atom is -0.396 e. The van der Waals surface area contributed by atoms with E-state index in [-0.39, 0.29) is 0 Å². The second-order valence-corrected chi connectivity index (χ2v) is 14.9. The highest BCUT2D eigenvalue weighted by molar-refractivity contribution is 5.25. The molecule has 0 aliphatic heterocycles. The lowest BCUT2D eigenvalue weighted by atomic mass is 9.47. The van der Waals surface area contributed by atoms with Crippen molar-refractivity contribution in [3.05, 3.63) is 11.6 Å². The smallest absolute Gasteiger partial charge is 0.0612 e. The lowest BCUT2D eigenvalue weighted by Crippen LogP contribution is -2.51. The van der Waals surface area contributed by atoms with E-state index in [1.165, 1.54) is 103 Å². The molecule has 4 aliphatic rings. The van der Waals surface area contributed by atoms with Crippen molar-refractivity contribution in [3.63, 3.8) is 0 Å². The molecular formula is C35H62O2. The molecule has 3 fully saturated rings. The molecule has 0 aromatic rings. The summed E-state index contributed by atoms with van der Waals surface area (Å²) in [5.41, 5.74) is 2.81. The van der Waals surface area contributed by atoms with E-state index in [0.717, 1.165) is 48.5 Å². The minimum atomic E-state index is 0.347. The third-order valence-corrected chi connectivity index (χ3v) is 12.2. The van der Waals surface area contributed by atoms with Gasteiger partial charge in [0.15, 0.2) is 0 Å². The lowest BCUT2D eigenvalue weighted by Gasteiger charge is -2.58. The third-order valence-electron chi connectivity index (χ3n) is 12.2. The van der Waals surface area contributed by atoms with E-state index in [4.69, 9.17) is 9.84 Å². The number of ether oxygens (including phenoxy) is 1. The van der Waals surface area contributed by atoms with Gasteiger partial charge in [-0.2, -0.15) is 0 Å². The van der Waals surface area contributed by atoms with E-state index in [1.54, 1.807) is 5.57 Å². The topological polar surface area (TPSA) is 29.5 Å². The molecule has 3 saturated carbocycles. The number of hydrogen-bond acceptors (Lipinski definition) is 2. The van der Waals surface area contributed by atoms with Crippen LogP contribution in [0.25, 0.3) is 0 Å².